The van der Waals surface area contributed by atoms with Crippen molar-refractivity contribution in [1.29, 1.82) is 0 Å². The number of allylic oxidation sites excluding steroid dienone is 3. The summed E-state index contributed by atoms with van der Waals surface area (Å²) in [7, 11) is 0. The van der Waals surface area contributed by atoms with Gasteiger partial charge in [0.1, 0.15) is 11.7 Å². The van der Waals surface area contributed by atoms with E-state index in [4.69, 9.17) is 0 Å². The van der Waals surface area contributed by atoms with Crippen LogP contribution in [0.25, 0.3) is 0 Å². The summed E-state index contributed by atoms with van der Waals surface area (Å²) in [5, 5.41) is 20.3. The Morgan fingerprint density at radius 1 is 1.03 bits per heavy atom. The first-order valence-corrected chi connectivity index (χ1v) is 12.2. The predicted molar refractivity (Wildman–Crippen MR) is 122 cm³/mol. The number of fused-ring (bicyclic) bond motifs is 5. The van der Waals surface area contributed by atoms with Gasteiger partial charge in [-0.25, -0.2) is 4.79 Å². The smallest absolute Gasteiger partial charge is 0.310 e. The van der Waals surface area contributed by atoms with Crippen molar-refractivity contribution < 1.29 is 34.2 Å². The van der Waals surface area contributed by atoms with E-state index in [1.165, 1.54) is 6.08 Å². The van der Waals surface area contributed by atoms with Gasteiger partial charge < -0.3 is 10.2 Å². The van der Waals surface area contributed by atoms with E-state index in [1.54, 1.807) is 25.9 Å². The number of carbonyl (C=O) groups is 4. The molecule has 0 heterocycles. The summed E-state index contributed by atoms with van der Waals surface area (Å²) in [6, 6.07) is 0. The van der Waals surface area contributed by atoms with Crippen LogP contribution in [-0.2, 0) is 24.0 Å². The molecule has 34 heavy (non-hydrogen) atoms. The van der Waals surface area contributed by atoms with Crippen LogP contribution in [0.3, 0.4) is 0 Å². The van der Waals surface area contributed by atoms with Crippen LogP contribution < -0.4 is 0 Å². The van der Waals surface area contributed by atoms with Crippen molar-refractivity contribution in [3.05, 3.63) is 17.7 Å². The summed E-state index contributed by atoms with van der Waals surface area (Å²) in [4.78, 5) is 62.6. The fourth-order valence-corrected chi connectivity index (χ4v) is 8.17. The second-order valence-corrected chi connectivity index (χ2v) is 12.1. The molecule has 0 aromatic carbocycles. The summed E-state index contributed by atoms with van der Waals surface area (Å²) in [6.07, 6.45) is 5.45. The van der Waals surface area contributed by atoms with Crippen molar-refractivity contribution in [3.8, 4) is 0 Å². The van der Waals surface area contributed by atoms with Gasteiger partial charge in [-0.2, -0.15) is 0 Å². The molecule has 0 radical (unpaired) electrons. The van der Waals surface area contributed by atoms with Crippen molar-refractivity contribution in [3.63, 3.8) is 0 Å². The zero-order valence-electron chi connectivity index (χ0n) is 20.4. The van der Waals surface area contributed by atoms with Crippen molar-refractivity contribution in [2.45, 2.75) is 79.1 Å². The molecule has 7 nitrogen and oxygen atoms in total. The zero-order valence-corrected chi connectivity index (χ0v) is 20.4. The second-order valence-electron chi connectivity index (χ2n) is 12.1. The molecule has 4 aliphatic carbocycles. The summed E-state index contributed by atoms with van der Waals surface area (Å²) in [5.74, 6) is -1.56. The first-order chi connectivity index (χ1) is 15.7. The molecule has 184 valence electrons. The Bertz CT molecular complexity index is 1070. The molecule has 4 rings (SSSR count). The maximum absolute atomic E-state index is 13.8. The van der Waals surface area contributed by atoms with Gasteiger partial charge in [0.15, 0.2) is 5.78 Å². The molecule has 4 aliphatic rings. The van der Waals surface area contributed by atoms with Crippen molar-refractivity contribution in [2.75, 3.05) is 0 Å². The maximum Gasteiger partial charge on any atom is 0.310 e. The molecule has 0 aliphatic heterocycles. The minimum atomic E-state index is -1.09. The molecule has 0 aromatic heterocycles. The Kier molecular flexibility index (Phi) is 5.41. The molecule has 3 fully saturated rings. The van der Waals surface area contributed by atoms with Crippen LogP contribution in [0, 0.1) is 38.9 Å². The van der Waals surface area contributed by atoms with Gasteiger partial charge in [-0.15, -0.1) is 0 Å². The van der Waals surface area contributed by atoms with Crippen LogP contribution in [0.2, 0.25) is 0 Å². The van der Waals surface area contributed by atoms with Crippen molar-refractivity contribution in [1.82, 2.24) is 0 Å². The Morgan fingerprint density at radius 2 is 1.68 bits per heavy atom. The van der Waals surface area contributed by atoms with E-state index in [-0.39, 0.29) is 43.7 Å². The zero-order chi connectivity index (χ0) is 25.3. The molecule has 7 atom stereocenters. The van der Waals surface area contributed by atoms with Crippen LogP contribution in [0.4, 0.5) is 0 Å². The van der Waals surface area contributed by atoms with E-state index in [0.29, 0.717) is 19.3 Å². The first-order valence-electron chi connectivity index (χ1n) is 12.2. The number of rotatable bonds is 4. The monoisotopic (exact) mass is 470 g/mol. The normalized spacial score (nSPS) is 45.7. The van der Waals surface area contributed by atoms with E-state index in [9.17, 15) is 34.2 Å². The van der Waals surface area contributed by atoms with Crippen molar-refractivity contribution >= 4 is 29.4 Å². The van der Waals surface area contributed by atoms with Gasteiger partial charge in [0, 0.05) is 23.8 Å². The molecule has 0 bridgehead atoms. The second kappa shape index (κ2) is 7.48. The molecular formula is C27H34O7. The van der Waals surface area contributed by atoms with E-state index >= 15 is 0 Å². The largest absolute Gasteiger partial charge is 0.481 e. The highest BCUT2D eigenvalue weighted by Crippen LogP contribution is 2.72. The SMILES string of the molecule is CC1(C(=O)O)CCC2(C(=O)O)CCC3(C)C(=CC(=O)C4C(C)(CC=C=O)C(=O)CCC43C)C2C1. The van der Waals surface area contributed by atoms with Gasteiger partial charge in [-0.05, 0) is 74.7 Å². The number of hydrogen-bond acceptors (Lipinski definition) is 5. The average molecular weight is 471 g/mol. The van der Waals surface area contributed by atoms with E-state index < -0.39 is 50.8 Å². The fraction of sp³-hybridized carbons (Fsp3) is 0.704. The number of hydrogen-bond donors (Lipinski definition) is 2. The summed E-state index contributed by atoms with van der Waals surface area (Å²) < 4.78 is 0. The molecule has 0 spiro atoms. The highest BCUT2D eigenvalue weighted by molar-refractivity contribution is 6.01. The highest BCUT2D eigenvalue weighted by Gasteiger charge is 2.69. The van der Waals surface area contributed by atoms with Crippen LogP contribution in [-0.4, -0.2) is 39.7 Å². The minimum absolute atomic E-state index is 0.0397. The van der Waals surface area contributed by atoms with Gasteiger partial charge in [-0.1, -0.05) is 26.3 Å². The number of carboxylic acid groups (broad SMARTS) is 2. The van der Waals surface area contributed by atoms with Crippen molar-refractivity contribution in [2.24, 2.45) is 38.9 Å². The average Bonchev–Trinajstić information content (AvgIpc) is 2.76. The molecule has 0 saturated heterocycles. The molecule has 7 unspecified atom stereocenters. The molecule has 0 amide bonds. The van der Waals surface area contributed by atoms with E-state index in [2.05, 4.69) is 6.92 Å². The summed E-state index contributed by atoms with van der Waals surface area (Å²) in [5.41, 5.74) is -3.60. The molecular weight excluding hydrogens is 436 g/mol. The third kappa shape index (κ3) is 2.92. The number of aliphatic carboxylic acids is 2. The maximum atomic E-state index is 13.8. The highest BCUT2D eigenvalue weighted by atomic mass is 16.4. The standard InChI is InChI=1S/C27H34O7/c1-23(21(31)32)9-11-27(22(33)34)12-10-25(3)16(17(27)15-23)14-18(29)20-24(2,7-5-13-28)19(30)6-8-26(20,25)4/h5,14,17,20H,6-12,15H2,1-4H3,(H,31,32)(H,33,34). The summed E-state index contributed by atoms with van der Waals surface area (Å²) in [6.45, 7) is 7.54. The molecule has 2 N–H and O–H groups in total. The Morgan fingerprint density at radius 3 is 2.26 bits per heavy atom. The van der Waals surface area contributed by atoms with E-state index in [0.717, 1.165) is 5.57 Å². The predicted octanol–water partition coefficient (Wildman–Crippen LogP) is 4.03. The summed E-state index contributed by atoms with van der Waals surface area (Å²) >= 11 is 0. The van der Waals surface area contributed by atoms with Crippen LogP contribution in [0.5, 0.6) is 0 Å². The lowest BCUT2D eigenvalue weighted by Gasteiger charge is -2.66. The lowest BCUT2D eigenvalue weighted by molar-refractivity contribution is -0.178. The Labute approximate surface area is 199 Å². The van der Waals surface area contributed by atoms with Gasteiger partial charge in [0.25, 0.3) is 0 Å². The topological polar surface area (TPSA) is 126 Å². The van der Waals surface area contributed by atoms with Crippen LogP contribution >= 0.6 is 0 Å². The lowest BCUT2D eigenvalue weighted by Crippen LogP contribution is -2.64. The Balaban J connectivity index is 1.91. The van der Waals surface area contributed by atoms with Gasteiger partial charge in [0.05, 0.1) is 10.8 Å². The lowest BCUT2D eigenvalue weighted by atomic mass is 9.36. The van der Waals surface area contributed by atoms with Crippen LogP contribution in [0.15, 0.2) is 17.7 Å². The number of ketones is 2. The van der Waals surface area contributed by atoms with Gasteiger partial charge in [-0.3, -0.25) is 19.2 Å². The first kappa shape index (κ1) is 24.6. The number of carbonyl (C=O) groups excluding carboxylic acids is 3. The number of carboxylic acids is 2. The van der Waals surface area contributed by atoms with Gasteiger partial charge >= 0.3 is 11.9 Å². The minimum Gasteiger partial charge on any atom is -0.481 e. The molecule has 0 aromatic rings. The molecule has 7 heteroatoms. The Hall–Kier alpha value is -2.53. The third-order valence-corrected chi connectivity index (χ3v) is 10.7. The van der Waals surface area contributed by atoms with E-state index in [1.807, 2.05) is 6.92 Å². The van der Waals surface area contributed by atoms with Gasteiger partial charge in [0.2, 0.25) is 0 Å². The van der Waals surface area contributed by atoms with Crippen LogP contribution in [0.1, 0.15) is 79.1 Å². The quantitative estimate of drug-likeness (QED) is 0.594. The fourth-order valence-electron chi connectivity index (χ4n) is 8.17. The third-order valence-electron chi connectivity index (χ3n) is 10.7. The molecule has 3 saturated carbocycles. The number of Topliss-reactive ketones (excluding diaryl/α,β-unsaturated/α-hetero) is 1.